The summed E-state index contributed by atoms with van der Waals surface area (Å²) in [6.07, 6.45) is 3.07. The molecule has 2 rings (SSSR count). The number of fused-ring (bicyclic) bond motifs is 1. The third-order valence-corrected chi connectivity index (χ3v) is 4.08. The van der Waals surface area contributed by atoms with Gasteiger partial charge in [-0.15, -0.1) is 0 Å². The third-order valence-electron chi connectivity index (χ3n) is 2.82. The van der Waals surface area contributed by atoms with Gasteiger partial charge in [-0.05, 0) is 0 Å². The van der Waals surface area contributed by atoms with Crippen LogP contribution in [0.15, 0.2) is 31.0 Å². The molecule has 1 aliphatic heterocycles. The van der Waals surface area contributed by atoms with Crippen molar-refractivity contribution < 1.29 is 33.7 Å². The van der Waals surface area contributed by atoms with E-state index < -0.39 is 6.04 Å². The van der Waals surface area contributed by atoms with E-state index in [0.717, 1.165) is 19.4 Å². The molecule has 0 saturated heterocycles. The van der Waals surface area contributed by atoms with Crippen LogP contribution in [0.2, 0.25) is 0 Å². The zero-order valence-corrected chi connectivity index (χ0v) is 13.8. The van der Waals surface area contributed by atoms with E-state index in [1.54, 1.807) is 25.4 Å². The van der Waals surface area contributed by atoms with Crippen molar-refractivity contribution in [3.8, 4) is 5.75 Å². The molecule has 1 aromatic heterocycles. The summed E-state index contributed by atoms with van der Waals surface area (Å²) >= 11 is 0.993. The Morgan fingerprint density at radius 1 is 1.70 bits per heavy atom. The van der Waals surface area contributed by atoms with Gasteiger partial charge in [0.1, 0.15) is 0 Å². The van der Waals surface area contributed by atoms with Gasteiger partial charge in [0.25, 0.3) is 0 Å². The Balaban J connectivity index is 2.20. The van der Waals surface area contributed by atoms with Crippen molar-refractivity contribution in [3.05, 3.63) is 31.0 Å². The van der Waals surface area contributed by atoms with Crippen molar-refractivity contribution in [2.24, 2.45) is 0 Å². The number of hydrogen-bond donors (Lipinski definition) is 1. The van der Waals surface area contributed by atoms with Crippen molar-refractivity contribution in [1.82, 2.24) is 10.3 Å². The number of carbonyl (C=O) groups excluding carboxylic acids is 2. The van der Waals surface area contributed by atoms with E-state index in [-0.39, 0.29) is 18.4 Å². The zero-order valence-electron chi connectivity index (χ0n) is 10.8. The van der Waals surface area contributed by atoms with Crippen molar-refractivity contribution in [1.29, 1.82) is 0 Å². The summed E-state index contributed by atoms with van der Waals surface area (Å²) in [5.41, 5.74) is 0. The molecule has 7 heteroatoms. The molecule has 0 radical (unpaired) electrons. The van der Waals surface area contributed by atoms with E-state index in [1.165, 1.54) is 11.0 Å². The van der Waals surface area contributed by atoms with E-state index in [2.05, 4.69) is 16.9 Å². The Morgan fingerprint density at radius 3 is 3.15 bits per heavy atom. The molecule has 0 aliphatic carbocycles. The molecule has 6 nitrogen and oxygen atoms in total. The summed E-state index contributed by atoms with van der Waals surface area (Å²) in [5.74, 6) is 0.409. The minimum absolute atomic E-state index is 0.0767. The maximum atomic E-state index is 12.3. The number of pyridine rings is 1. The van der Waals surface area contributed by atoms with Crippen LogP contribution >= 0.6 is 0 Å². The van der Waals surface area contributed by atoms with Crippen LogP contribution in [0.1, 0.15) is 0 Å². The second-order valence-electron chi connectivity index (χ2n) is 4.13. The minimum atomic E-state index is -0.740. The molecule has 1 aromatic rings. The number of hydrogen-bond acceptors (Lipinski definition) is 4. The molecule has 20 heavy (non-hydrogen) atoms. The molecule has 1 unspecified atom stereocenters. The maximum absolute atomic E-state index is 12.3. The van der Waals surface area contributed by atoms with E-state index in [1.807, 2.05) is 0 Å². The van der Waals surface area contributed by atoms with E-state index >= 15 is 0 Å². The number of rotatable bonds is 3. The first-order valence-corrected chi connectivity index (χ1v) is 7.34. The number of amides is 2. The summed E-state index contributed by atoms with van der Waals surface area (Å²) in [5, 5.41) is 2.65. The number of likely N-dealkylation sites (N-methyl/N-ethyl adjacent to an activating group) is 1. The SMILES string of the molecule is C=C[C](=[W])C(=O)NC1COc2cccnc2N(C)C1=O. The molecule has 0 fully saturated rings. The average molecular weight is 443 g/mol. The summed E-state index contributed by atoms with van der Waals surface area (Å²) < 4.78 is 6.08. The van der Waals surface area contributed by atoms with Crippen LogP contribution in [0.3, 0.4) is 0 Å². The molecule has 0 aromatic carbocycles. The van der Waals surface area contributed by atoms with Crippen LogP contribution in [0.4, 0.5) is 5.82 Å². The van der Waals surface area contributed by atoms with Gasteiger partial charge in [-0.2, -0.15) is 0 Å². The van der Waals surface area contributed by atoms with Crippen molar-refractivity contribution in [2.75, 3.05) is 18.6 Å². The Kier molecular flexibility index (Phi) is 4.45. The van der Waals surface area contributed by atoms with Crippen molar-refractivity contribution >= 4 is 21.5 Å². The standard InChI is InChI=1S/C13H13N3O3.W/c1-3-5-11(17)15-9-8-19-10-6-4-7-14-12(10)16(2)13(9)18;/h3-4,6-7,9H,1,8H2,2H3,(H,15,17);. The first-order chi connectivity index (χ1) is 9.54. The molecular formula is C13H13N3O3W. The Morgan fingerprint density at radius 2 is 2.45 bits per heavy atom. The van der Waals surface area contributed by atoms with Crippen LogP contribution < -0.4 is 15.0 Å². The summed E-state index contributed by atoms with van der Waals surface area (Å²) in [7, 11) is 1.61. The number of ether oxygens (including phenoxy) is 1. The Hall–Kier alpha value is -1.81. The fraction of sp³-hybridized carbons (Fsp3) is 0.231. The predicted octanol–water partition coefficient (Wildman–Crippen LogP) is -0.173. The van der Waals surface area contributed by atoms with Gasteiger partial charge >= 0.3 is 127 Å². The molecule has 2 amide bonds. The van der Waals surface area contributed by atoms with Crippen molar-refractivity contribution in [2.45, 2.75) is 6.04 Å². The number of nitrogens with zero attached hydrogens (tertiary/aromatic N) is 2. The number of carbonyl (C=O) groups is 2. The van der Waals surface area contributed by atoms with Gasteiger partial charge in [0, 0.05) is 0 Å². The normalized spacial score (nSPS) is 17.6. The molecule has 0 bridgehead atoms. The van der Waals surface area contributed by atoms with Gasteiger partial charge in [-0.25, -0.2) is 0 Å². The summed E-state index contributed by atoms with van der Waals surface area (Å²) in [6, 6.07) is 2.73. The zero-order chi connectivity index (χ0) is 14.7. The molecule has 0 saturated carbocycles. The molecule has 0 spiro atoms. The van der Waals surface area contributed by atoms with E-state index in [4.69, 9.17) is 4.74 Å². The molecule has 1 N–H and O–H groups in total. The molecule has 104 valence electrons. The van der Waals surface area contributed by atoms with Gasteiger partial charge < -0.3 is 0 Å². The quantitative estimate of drug-likeness (QED) is 0.705. The Labute approximate surface area is 127 Å². The second kappa shape index (κ2) is 6.09. The van der Waals surface area contributed by atoms with Crippen LogP contribution in [0.25, 0.3) is 0 Å². The fourth-order valence-corrected chi connectivity index (χ4v) is 1.97. The topological polar surface area (TPSA) is 71.5 Å². The van der Waals surface area contributed by atoms with Gasteiger partial charge in [-0.1, -0.05) is 0 Å². The monoisotopic (exact) mass is 443 g/mol. The molecular weight excluding hydrogens is 430 g/mol. The second-order valence-corrected chi connectivity index (χ2v) is 5.71. The average Bonchev–Trinajstić information content (AvgIpc) is 2.59. The first kappa shape index (κ1) is 14.6. The predicted molar refractivity (Wildman–Crippen MR) is 70.3 cm³/mol. The van der Waals surface area contributed by atoms with Crippen LogP contribution in [0, 0.1) is 0 Å². The summed E-state index contributed by atoms with van der Waals surface area (Å²) in [6.45, 7) is 3.62. The van der Waals surface area contributed by atoms with E-state index in [0.29, 0.717) is 15.5 Å². The van der Waals surface area contributed by atoms with Crippen LogP contribution in [0.5, 0.6) is 5.75 Å². The third kappa shape index (κ3) is 2.85. The first-order valence-electron chi connectivity index (χ1n) is 5.87. The van der Waals surface area contributed by atoms with Gasteiger partial charge in [-0.3, -0.25) is 0 Å². The number of anilines is 1. The van der Waals surface area contributed by atoms with Gasteiger partial charge in [0.05, 0.1) is 0 Å². The van der Waals surface area contributed by atoms with Gasteiger partial charge in [0.2, 0.25) is 0 Å². The van der Waals surface area contributed by atoms with Crippen molar-refractivity contribution in [3.63, 3.8) is 0 Å². The molecule has 1 aliphatic rings. The van der Waals surface area contributed by atoms with Gasteiger partial charge in [0.15, 0.2) is 0 Å². The summed E-state index contributed by atoms with van der Waals surface area (Å²) in [4.78, 5) is 29.7. The van der Waals surface area contributed by atoms with Crippen LogP contribution in [-0.2, 0) is 28.9 Å². The molecule has 2 heterocycles. The van der Waals surface area contributed by atoms with E-state index in [9.17, 15) is 9.59 Å². The number of nitrogens with one attached hydrogen (secondary N) is 1. The number of aromatic nitrogens is 1. The Bertz CT molecular complexity index is 588. The van der Waals surface area contributed by atoms with Crippen LogP contribution in [-0.4, -0.2) is 40.4 Å². The molecule has 1 atom stereocenters. The fourth-order valence-electron chi connectivity index (χ4n) is 1.75.